The summed E-state index contributed by atoms with van der Waals surface area (Å²) < 4.78 is 0. The average Bonchev–Trinajstić information content (AvgIpc) is 2.77. The molecule has 5 heteroatoms. The lowest BCUT2D eigenvalue weighted by Gasteiger charge is -2.30. The molecule has 2 aromatic carbocycles. The fraction of sp³-hybridized carbons (Fsp3) is 0.304. The topological polar surface area (TPSA) is 56.7 Å². The summed E-state index contributed by atoms with van der Waals surface area (Å²) in [5.41, 5.74) is 4.45. The maximum absolute atomic E-state index is 11.7. The summed E-state index contributed by atoms with van der Waals surface area (Å²) in [7, 11) is 1.64. The van der Waals surface area contributed by atoms with Crippen LogP contribution in [0, 0.1) is 0 Å². The van der Waals surface area contributed by atoms with Gasteiger partial charge in [-0.3, -0.25) is 4.79 Å². The molecular formula is C23H28N4O. The Morgan fingerprint density at radius 3 is 2.46 bits per heavy atom. The lowest BCUT2D eigenvalue weighted by Crippen LogP contribution is -2.43. The summed E-state index contributed by atoms with van der Waals surface area (Å²) in [6.07, 6.45) is 3.30. The quantitative estimate of drug-likeness (QED) is 0.622. The Hall–Kier alpha value is -3.08. The van der Waals surface area contributed by atoms with E-state index in [1.165, 1.54) is 11.1 Å². The minimum atomic E-state index is -0.0716. The van der Waals surface area contributed by atoms with Crippen molar-refractivity contribution in [3.63, 3.8) is 0 Å². The van der Waals surface area contributed by atoms with Crippen molar-refractivity contribution in [2.75, 3.05) is 26.7 Å². The van der Waals surface area contributed by atoms with E-state index in [9.17, 15) is 4.79 Å². The van der Waals surface area contributed by atoms with Gasteiger partial charge in [0.2, 0.25) is 0 Å². The fourth-order valence-corrected chi connectivity index (χ4v) is 3.27. The zero-order chi connectivity index (χ0) is 19.8. The lowest BCUT2D eigenvalue weighted by atomic mass is 10.00. The van der Waals surface area contributed by atoms with Gasteiger partial charge in [0.25, 0.3) is 5.91 Å². The number of hydrogen-bond acceptors (Lipinski definition) is 2. The predicted octanol–water partition coefficient (Wildman–Crippen LogP) is 3.30. The molecule has 28 heavy (non-hydrogen) atoms. The highest BCUT2D eigenvalue weighted by Gasteiger charge is 2.16. The Balaban J connectivity index is 1.66. The van der Waals surface area contributed by atoms with Crippen LogP contribution in [-0.2, 0) is 6.54 Å². The molecule has 0 fully saturated rings. The Morgan fingerprint density at radius 1 is 1.11 bits per heavy atom. The minimum Gasteiger partial charge on any atom is -0.356 e. The molecule has 0 atom stereocenters. The zero-order valence-electron chi connectivity index (χ0n) is 16.6. The van der Waals surface area contributed by atoms with Gasteiger partial charge < -0.3 is 15.5 Å². The average molecular weight is 377 g/mol. The number of aliphatic imine (C=N–C) groups is 1. The largest absolute Gasteiger partial charge is 0.356 e. The van der Waals surface area contributed by atoms with Crippen LogP contribution in [0.2, 0.25) is 0 Å². The van der Waals surface area contributed by atoms with Crippen molar-refractivity contribution < 1.29 is 4.79 Å². The van der Waals surface area contributed by atoms with Crippen molar-refractivity contribution in [3.8, 4) is 0 Å². The van der Waals surface area contributed by atoms with E-state index in [0.29, 0.717) is 12.1 Å². The molecule has 1 amide bonds. The third kappa shape index (κ3) is 5.00. The number of nitrogens with zero attached hydrogens (tertiary/aromatic N) is 2. The summed E-state index contributed by atoms with van der Waals surface area (Å²) in [5, 5.41) is 6.04. The molecule has 0 unspecified atom stereocenters. The van der Waals surface area contributed by atoms with E-state index in [2.05, 4.69) is 58.9 Å². The molecule has 3 rings (SSSR count). The van der Waals surface area contributed by atoms with Crippen LogP contribution in [0.1, 0.15) is 34.8 Å². The Bertz CT molecular complexity index is 841. The summed E-state index contributed by atoms with van der Waals surface area (Å²) >= 11 is 0. The highest BCUT2D eigenvalue weighted by atomic mass is 16.1. The van der Waals surface area contributed by atoms with Gasteiger partial charge in [0.05, 0.1) is 6.54 Å². The molecule has 0 radical (unpaired) electrons. The molecule has 0 spiro atoms. The standard InChI is InChI=1S/C23H28N4O/c1-3-25-23(26-17-18-9-11-21(12-10-18)22(28)24-2)27-15-13-20(14-16-27)19-7-5-4-6-8-19/h4-13H,3,14-17H2,1-2H3,(H,24,28)(H,25,26). The summed E-state index contributed by atoms with van der Waals surface area (Å²) in [6.45, 7) is 5.30. The van der Waals surface area contributed by atoms with Gasteiger partial charge in [-0.15, -0.1) is 0 Å². The first-order valence-electron chi connectivity index (χ1n) is 9.80. The van der Waals surface area contributed by atoms with Crippen LogP contribution in [0.3, 0.4) is 0 Å². The van der Waals surface area contributed by atoms with Crippen molar-refractivity contribution in [3.05, 3.63) is 77.4 Å². The van der Waals surface area contributed by atoms with Crippen LogP contribution in [-0.4, -0.2) is 43.4 Å². The van der Waals surface area contributed by atoms with Gasteiger partial charge in [0.15, 0.2) is 5.96 Å². The lowest BCUT2D eigenvalue weighted by molar-refractivity contribution is 0.0963. The maximum atomic E-state index is 11.7. The Labute approximate surface area is 167 Å². The van der Waals surface area contributed by atoms with Crippen LogP contribution >= 0.6 is 0 Å². The fourth-order valence-electron chi connectivity index (χ4n) is 3.27. The van der Waals surface area contributed by atoms with Gasteiger partial charge >= 0.3 is 0 Å². The SMILES string of the molecule is CCNC(=NCc1ccc(C(=O)NC)cc1)N1CC=C(c2ccccc2)CC1. The zero-order valence-corrected chi connectivity index (χ0v) is 16.6. The first kappa shape index (κ1) is 19.7. The molecule has 1 aliphatic rings. The molecule has 2 aromatic rings. The smallest absolute Gasteiger partial charge is 0.251 e. The molecule has 0 bridgehead atoms. The number of nitrogens with one attached hydrogen (secondary N) is 2. The summed E-state index contributed by atoms with van der Waals surface area (Å²) in [4.78, 5) is 18.7. The van der Waals surface area contributed by atoms with E-state index in [-0.39, 0.29) is 5.91 Å². The maximum Gasteiger partial charge on any atom is 0.251 e. The molecule has 2 N–H and O–H groups in total. The number of guanidine groups is 1. The monoisotopic (exact) mass is 376 g/mol. The number of rotatable bonds is 5. The van der Waals surface area contributed by atoms with Crippen LogP contribution in [0.5, 0.6) is 0 Å². The van der Waals surface area contributed by atoms with Crippen molar-refractivity contribution in [1.82, 2.24) is 15.5 Å². The molecule has 0 saturated heterocycles. The van der Waals surface area contributed by atoms with E-state index >= 15 is 0 Å². The number of benzene rings is 2. The molecule has 1 heterocycles. The molecule has 1 aliphatic heterocycles. The van der Waals surface area contributed by atoms with Crippen molar-refractivity contribution >= 4 is 17.4 Å². The van der Waals surface area contributed by atoms with Gasteiger partial charge in [-0.1, -0.05) is 48.5 Å². The minimum absolute atomic E-state index is 0.0716. The van der Waals surface area contributed by atoms with Crippen molar-refractivity contribution in [2.24, 2.45) is 4.99 Å². The van der Waals surface area contributed by atoms with Crippen molar-refractivity contribution in [2.45, 2.75) is 19.9 Å². The Kier molecular flexibility index (Phi) is 6.84. The van der Waals surface area contributed by atoms with Gasteiger partial charge in [0, 0.05) is 32.2 Å². The predicted molar refractivity (Wildman–Crippen MR) is 115 cm³/mol. The molecular weight excluding hydrogens is 348 g/mol. The van der Waals surface area contributed by atoms with E-state index < -0.39 is 0 Å². The molecule has 146 valence electrons. The van der Waals surface area contributed by atoms with Crippen LogP contribution in [0.4, 0.5) is 0 Å². The molecule has 0 aliphatic carbocycles. The first-order valence-corrected chi connectivity index (χ1v) is 9.80. The highest BCUT2D eigenvalue weighted by Crippen LogP contribution is 2.22. The van der Waals surface area contributed by atoms with Crippen LogP contribution < -0.4 is 10.6 Å². The van der Waals surface area contributed by atoms with Gasteiger partial charge in [-0.25, -0.2) is 4.99 Å². The van der Waals surface area contributed by atoms with Crippen molar-refractivity contribution in [1.29, 1.82) is 0 Å². The number of carbonyl (C=O) groups excluding carboxylic acids is 1. The van der Waals surface area contributed by atoms with Gasteiger partial charge in [0.1, 0.15) is 0 Å². The van der Waals surface area contributed by atoms with Crippen LogP contribution in [0.15, 0.2) is 65.7 Å². The van der Waals surface area contributed by atoms with E-state index in [0.717, 1.165) is 37.6 Å². The second-order valence-corrected chi connectivity index (χ2v) is 6.74. The molecule has 0 saturated carbocycles. The number of amides is 1. The van der Waals surface area contributed by atoms with E-state index in [1.807, 2.05) is 24.3 Å². The summed E-state index contributed by atoms with van der Waals surface area (Å²) in [6, 6.07) is 18.2. The molecule has 0 aromatic heterocycles. The second kappa shape index (κ2) is 9.74. The number of hydrogen-bond donors (Lipinski definition) is 2. The van der Waals surface area contributed by atoms with Crippen LogP contribution in [0.25, 0.3) is 5.57 Å². The number of carbonyl (C=O) groups is 1. The highest BCUT2D eigenvalue weighted by molar-refractivity contribution is 5.93. The van der Waals surface area contributed by atoms with E-state index in [1.54, 1.807) is 7.05 Å². The third-order valence-corrected chi connectivity index (χ3v) is 4.84. The summed E-state index contributed by atoms with van der Waals surface area (Å²) in [5.74, 6) is 0.860. The van der Waals surface area contributed by atoms with Gasteiger partial charge in [-0.05, 0) is 42.2 Å². The van der Waals surface area contributed by atoms with Gasteiger partial charge in [-0.2, -0.15) is 0 Å². The second-order valence-electron chi connectivity index (χ2n) is 6.74. The van der Waals surface area contributed by atoms with E-state index in [4.69, 9.17) is 4.99 Å². The normalized spacial score (nSPS) is 14.4. The third-order valence-electron chi connectivity index (χ3n) is 4.84. The first-order chi connectivity index (χ1) is 13.7. The molecule has 5 nitrogen and oxygen atoms in total. The Morgan fingerprint density at radius 2 is 1.86 bits per heavy atom.